The Hall–Kier alpha value is -2.86. The number of anilines is 1. The first-order valence-electron chi connectivity index (χ1n) is 9.03. The number of carbonyl (C=O) groups is 1. The van der Waals surface area contributed by atoms with Gasteiger partial charge >= 0.3 is 0 Å². The molecule has 1 heterocycles. The SMILES string of the molecule is NC(=O)c1cccc(N)c1OCCCN1CC=C(c2ccc(F)cc2)CC1. The van der Waals surface area contributed by atoms with Crippen LogP contribution in [0.4, 0.5) is 10.1 Å². The summed E-state index contributed by atoms with van der Waals surface area (Å²) in [4.78, 5) is 13.8. The van der Waals surface area contributed by atoms with Gasteiger partial charge in [-0.3, -0.25) is 9.69 Å². The molecule has 0 atom stereocenters. The Kier molecular flexibility index (Phi) is 6.08. The van der Waals surface area contributed by atoms with Gasteiger partial charge in [0.05, 0.1) is 17.9 Å². The number of nitrogens with zero attached hydrogens (tertiary/aromatic N) is 1. The number of nitrogens with two attached hydrogens (primary N) is 2. The second-order valence-electron chi connectivity index (χ2n) is 6.58. The Bertz CT molecular complexity index is 834. The number of hydrogen-bond acceptors (Lipinski definition) is 4. The third kappa shape index (κ3) is 4.86. The van der Waals surface area contributed by atoms with E-state index in [2.05, 4.69) is 11.0 Å². The summed E-state index contributed by atoms with van der Waals surface area (Å²) in [5.74, 6) is -0.399. The lowest BCUT2D eigenvalue weighted by molar-refractivity contribution is 0.0996. The maximum absolute atomic E-state index is 13.0. The van der Waals surface area contributed by atoms with E-state index in [0.29, 0.717) is 23.6 Å². The van der Waals surface area contributed by atoms with Crippen molar-refractivity contribution in [1.82, 2.24) is 4.90 Å². The average molecular weight is 369 g/mol. The van der Waals surface area contributed by atoms with Crippen molar-refractivity contribution in [2.75, 3.05) is 32.0 Å². The van der Waals surface area contributed by atoms with Crippen molar-refractivity contribution in [2.24, 2.45) is 5.73 Å². The quantitative estimate of drug-likeness (QED) is 0.580. The van der Waals surface area contributed by atoms with Crippen LogP contribution in [0.3, 0.4) is 0 Å². The number of amides is 1. The second-order valence-corrected chi connectivity index (χ2v) is 6.58. The van der Waals surface area contributed by atoms with Gasteiger partial charge in [0.2, 0.25) is 0 Å². The molecule has 6 heteroatoms. The highest BCUT2D eigenvalue weighted by molar-refractivity contribution is 5.97. The summed E-state index contributed by atoms with van der Waals surface area (Å²) in [5.41, 5.74) is 14.3. The Morgan fingerprint density at radius 3 is 2.63 bits per heavy atom. The molecule has 0 radical (unpaired) electrons. The van der Waals surface area contributed by atoms with Gasteiger partial charge in [-0.25, -0.2) is 4.39 Å². The minimum atomic E-state index is -0.549. The van der Waals surface area contributed by atoms with Gasteiger partial charge in [-0.2, -0.15) is 0 Å². The van der Waals surface area contributed by atoms with Crippen molar-refractivity contribution in [1.29, 1.82) is 0 Å². The van der Waals surface area contributed by atoms with Crippen LogP contribution in [0.25, 0.3) is 5.57 Å². The predicted molar refractivity (Wildman–Crippen MR) is 105 cm³/mol. The molecule has 3 rings (SSSR count). The summed E-state index contributed by atoms with van der Waals surface area (Å²) in [6, 6.07) is 11.6. The summed E-state index contributed by atoms with van der Waals surface area (Å²) in [6.07, 6.45) is 3.94. The predicted octanol–water partition coefficient (Wildman–Crippen LogP) is 3.07. The van der Waals surface area contributed by atoms with Crippen LogP contribution in [0.1, 0.15) is 28.8 Å². The van der Waals surface area contributed by atoms with E-state index >= 15 is 0 Å². The van der Waals surface area contributed by atoms with Crippen LogP contribution in [-0.2, 0) is 0 Å². The van der Waals surface area contributed by atoms with Crippen molar-refractivity contribution >= 4 is 17.2 Å². The van der Waals surface area contributed by atoms with E-state index < -0.39 is 5.91 Å². The first-order valence-corrected chi connectivity index (χ1v) is 9.03. The van der Waals surface area contributed by atoms with Crippen LogP contribution in [-0.4, -0.2) is 37.0 Å². The molecular formula is C21H24FN3O2. The molecule has 5 nitrogen and oxygen atoms in total. The number of primary amides is 1. The van der Waals surface area contributed by atoms with Crippen molar-refractivity contribution in [3.63, 3.8) is 0 Å². The van der Waals surface area contributed by atoms with Gasteiger partial charge in [0, 0.05) is 19.6 Å². The molecule has 142 valence electrons. The smallest absolute Gasteiger partial charge is 0.252 e. The zero-order valence-electron chi connectivity index (χ0n) is 15.2. The van der Waals surface area contributed by atoms with Gasteiger partial charge in [-0.15, -0.1) is 0 Å². The lowest BCUT2D eigenvalue weighted by atomic mass is 9.99. The van der Waals surface area contributed by atoms with Crippen molar-refractivity contribution in [2.45, 2.75) is 12.8 Å². The Labute approximate surface area is 158 Å². The molecule has 0 fully saturated rings. The number of rotatable bonds is 7. The summed E-state index contributed by atoms with van der Waals surface area (Å²) in [7, 11) is 0. The number of carbonyl (C=O) groups excluding carboxylic acids is 1. The van der Waals surface area contributed by atoms with Crippen LogP contribution >= 0.6 is 0 Å². The third-order valence-electron chi connectivity index (χ3n) is 4.68. The van der Waals surface area contributed by atoms with Crippen molar-refractivity contribution in [3.05, 3.63) is 65.5 Å². The van der Waals surface area contributed by atoms with Gasteiger partial charge < -0.3 is 16.2 Å². The summed E-state index contributed by atoms with van der Waals surface area (Å²) in [6.45, 7) is 3.14. The van der Waals surface area contributed by atoms with E-state index in [9.17, 15) is 9.18 Å². The van der Waals surface area contributed by atoms with Gasteiger partial charge in [-0.1, -0.05) is 24.3 Å². The zero-order valence-corrected chi connectivity index (χ0v) is 15.2. The summed E-state index contributed by atoms with van der Waals surface area (Å²) < 4.78 is 18.8. The summed E-state index contributed by atoms with van der Waals surface area (Å²) in [5, 5.41) is 0. The highest BCUT2D eigenvalue weighted by Crippen LogP contribution is 2.26. The minimum Gasteiger partial charge on any atom is -0.491 e. The van der Waals surface area contributed by atoms with Crippen molar-refractivity contribution in [3.8, 4) is 5.75 Å². The molecule has 0 aliphatic carbocycles. The maximum Gasteiger partial charge on any atom is 0.252 e. The number of hydrogen-bond donors (Lipinski definition) is 2. The fraction of sp³-hybridized carbons (Fsp3) is 0.286. The Morgan fingerprint density at radius 2 is 1.96 bits per heavy atom. The van der Waals surface area contributed by atoms with Gasteiger partial charge in [0.1, 0.15) is 5.82 Å². The van der Waals surface area contributed by atoms with Gasteiger partial charge in [-0.05, 0) is 48.2 Å². The van der Waals surface area contributed by atoms with E-state index in [-0.39, 0.29) is 5.82 Å². The fourth-order valence-corrected chi connectivity index (χ4v) is 3.21. The van der Waals surface area contributed by atoms with E-state index in [1.54, 1.807) is 18.2 Å². The monoisotopic (exact) mass is 369 g/mol. The van der Waals surface area contributed by atoms with E-state index in [4.69, 9.17) is 16.2 Å². The molecular weight excluding hydrogens is 345 g/mol. The lowest BCUT2D eigenvalue weighted by Gasteiger charge is -2.26. The van der Waals surface area contributed by atoms with Gasteiger partial charge in [0.15, 0.2) is 5.75 Å². The maximum atomic E-state index is 13.0. The molecule has 0 unspecified atom stereocenters. The van der Waals surface area contributed by atoms with Crippen LogP contribution in [0.2, 0.25) is 0 Å². The highest BCUT2D eigenvalue weighted by atomic mass is 19.1. The molecule has 4 N–H and O–H groups in total. The first kappa shape index (κ1) is 18.9. The number of nitrogen functional groups attached to an aromatic ring is 1. The van der Waals surface area contributed by atoms with Crippen LogP contribution in [0.15, 0.2) is 48.5 Å². The van der Waals surface area contributed by atoms with Crippen molar-refractivity contribution < 1.29 is 13.9 Å². The van der Waals surface area contributed by atoms with E-state index in [1.165, 1.54) is 17.7 Å². The molecule has 2 aromatic carbocycles. The number of para-hydroxylation sites is 1. The summed E-state index contributed by atoms with van der Waals surface area (Å²) >= 11 is 0. The molecule has 27 heavy (non-hydrogen) atoms. The molecule has 1 aliphatic heterocycles. The van der Waals surface area contributed by atoms with Gasteiger partial charge in [0.25, 0.3) is 5.91 Å². The molecule has 1 amide bonds. The molecule has 0 spiro atoms. The molecule has 1 aliphatic rings. The molecule has 0 saturated carbocycles. The molecule has 2 aromatic rings. The largest absolute Gasteiger partial charge is 0.491 e. The number of ether oxygens (including phenoxy) is 1. The Balaban J connectivity index is 1.47. The minimum absolute atomic E-state index is 0.213. The second kappa shape index (κ2) is 8.68. The van der Waals surface area contributed by atoms with Crippen LogP contribution < -0.4 is 16.2 Å². The fourth-order valence-electron chi connectivity index (χ4n) is 3.21. The zero-order chi connectivity index (χ0) is 19.2. The molecule has 0 aromatic heterocycles. The van der Waals surface area contributed by atoms with Crippen LogP contribution in [0, 0.1) is 5.82 Å². The highest BCUT2D eigenvalue weighted by Gasteiger charge is 2.14. The van der Waals surface area contributed by atoms with Crippen LogP contribution in [0.5, 0.6) is 5.75 Å². The number of halogens is 1. The molecule has 0 saturated heterocycles. The normalized spacial score (nSPS) is 14.6. The molecule has 0 bridgehead atoms. The standard InChI is InChI=1S/C21H24FN3O2/c22-17-7-5-15(6-8-17)16-9-12-25(13-10-16)11-2-14-27-20-18(21(24)26)3-1-4-19(20)23/h1,3-9H,2,10-14,23H2,(H2,24,26). The van der Waals surface area contributed by atoms with E-state index in [1.807, 2.05) is 12.1 Å². The lowest BCUT2D eigenvalue weighted by Crippen LogP contribution is -2.30. The first-order chi connectivity index (χ1) is 13.0. The Morgan fingerprint density at radius 1 is 1.19 bits per heavy atom. The van der Waals surface area contributed by atoms with E-state index in [0.717, 1.165) is 38.0 Å². The third-order valence-corrected chi connectivity index (χ3v) is 4.68. The topological polar surface area (TPSA) is 81.6 Å². The average Bonchev–Trinajstić information content (AvgIpc) is 2.67. The number of benzene rings is 2.